The summed E-state index contributed by atoms with van der Waals surface area (Å²) in [5, 5.41) is 45.4. The molecule has 6 rings (SSSR count). The van der Waals surface area contributed by atoms with Crippen LogP contribution in [0.2, 0.25) is 0 Å². The maximum absolute atomic E-state index is 13.9. The summed E-state index contributed by atoms with van der Waals surface area (Å²) < 4.78 is 22.3. The Balaban J connectivity index is 1.30. The van der Waals surface area contributed by atoms with E-state index in [1.54, 1.807) is 6.92 Å². The van der Waals surface area contributed by atoms with Crippen LogP contribution in [-0.2, 0) is 39.8 Å². The zero-order valence-corrected chi connectivity index (χ0v) is 27.6. The fraction of sp³-hybridized carbons (Fsp3) is 0.429. The largest absolute Gasteiger partial charge is 0.507 e. The SMILES string of the molecule is COc1cccc2c1C(=O)c1c(O)c3c(c(O)c1C2=O)CC(O)(C(=O)COC(=O)CCCN1C(=O)C=CC1=O)CC3OC1CC(N)C(O)C(C)O1. The number of carbonyl (C=O) groups excluding carboxylic acids is 6. The van der Waals surface area contributed by atoms with E-state index >= 15 is 0 Å². The highest BCUT2D eigenvalue weighted by molar-refractivity contribution is 6.31. The summed E-state index contributed by atoms with van der Waals surface area (Å²) in [6.07, 6.45) is -3.74. The van der Waals surface area contributed by atoms with Crippen molar-refractivity contribution in [3.05, 3.63) is 63.7 Å². The van der Waals surface area contributed by atoms with Crippen LogP contribution in [-0.4, -0.2) is 111 Å². The minimum Gasteiger partial charge on any atom is -0.507 e. The third kappa shape index (κ3) is 6.29. The van der Waals surface area contributed by atoms with Crippen LogP contribution in [0, 0.1) is 0 Å². The number of carbonyl (C=O) groups is 6. The number of hydrogen-bond donors (Lipinski definition) is 5. The summed E-state index contributed by atoms with van der Waals surface area (Å²) in [4.78, 5) is 78.1. The number of phenolic OH excluding ortho intramolecular Hbond substituents is 2. The quantitative estimate of drug-likeness (QED) is 0.108. The molecule has 16 heteroatoms. The first-order chi connectivity index (χ1) is 24.2. The van der Waals surface area contributed by atoms with Gasteiger partial charge in [-0.05, 0) is 19.4 Å². The van der Waals surface area contributed by atoms with Crippen molar-refractivity contribution in [1.29, 1.82) is 0 Å². The Morgan fingerprint density at radius 2 is 1.73 bits per heavy atom. The lowest BCUT2D eigenvalue weighted by molar-refractivity contribution is -0.247. The van der Waals surface area contributed by atoms with Gasteiger partial charge in [-0.3, -0.25) is 33.7 Å². The molecule has 0 spiro atoms. The molecular formula is C35H36N2O14. The molecule has 16 nitrogen and oxygen atoms in total. The van der Waals surface area contributed by atoms with Crippen molar-refractivity contribution in [2.45, 2.75) is 75.3 Å². The predicted molar refractivity (Wildman–Crippen MR) is 171 cm³/mol. The second-order valence-corrected chi connectivity index (χ2v) is 12.9. The number of ketones is 3. The number of phenols is 2. The number of aliphatic hydroxyl groups is 2. The average molecular weight is 709 g/mol. The minimum atomic E-state index is -2.40. The summed E-state index contributed by atoms with van der Waals surface area (Å²) in [7, 11) is 1.30. The van der Waals surface area contributed by atoms with Crippen LogP contribution in [0.25, 0.3) is 0 Å². The van der Waals surface area contributed by atoms with Crippen LogP contribution >= 0.6 is 0 Å². The number of nitrogens with zero attached hydrogens (tertiary/aromatic N) is 1. The van der Waals surface area contributed by atoms with Crippen molar-refractivity contribution in [3.63, 3.8) is 0 Å². The molecule has 6 N–H and O–H groups in total. The molecule has 2 amide bonds. The van der Waals surface area contributed by atoms with E-state index in [9.17, 15) is 49.2 Å². The Morgan fingerprint density at radius 3 is 2.39 bits per heavy atom. The summed E-state index contributed by atoms with van der Waals surface area (Å²) >= 11 is 0. The number of amides is 2. The topological polar surface area (TPSA) is 250 Å². The minimum absolute atomic E-state index is 0.0499. The first-order valence-corrected chi connectivity index (χ1v) is 16.2. The van der Waals surface area contributed by atoms with E-state index in [1.807, 2.05) is 0 Å². The third-order valence-electron chi connectivity index (χ3n) is 9.69. The predicted octanol–water partition coefficient (Wildman–Crippen LogP) is 0.257. The van der Waals surface area contributed by atoms with E-state index in [1.165, 1.54) is 25.3 Å². The monoisotopic (exact) mass is 708 g/mol. The van der Waals surface area contributed by atoms with Gasteiger partial charge in [0.15, 0.2) is 18.7 Å². The highest BCUT2D eigenvalue weighted by atomic mass is 16.7. The fourth-order valence-electron chi connectivity index (χ4n) is 6.99. The van der Waals surface area contributed by atoms with E-state index in [-0.39, 0.29) is 53.8 Å². The van der Waals surface area contributed by atoms with Gasteiger partial charge < -0.3 is 45.1 Å². The van der Waals surface area contributed by atoms with Gasteiger partial charge in [-0.25, -0.2) is 0 Å². The molecular weight excluding hydrogens is 672 g/mol. The van der Waals surface area contributed by atoms with Crippen molar-refractivity contribution in [2.75, 3.05) is 20.3 Å². The zero-order valence-electron chi connectivity index (χ0n) is 27.6. The van der Waals surface area contributed by atoms with Crippen LogP contribution in [0.15, 0.2) is 30.4 Å². The smallest absolute Gasteiger partial charge is 0.306 e. The molecule has 51 heavy (non-hydrogen) atoms. The first-order valence-electron chi connectivity index (χ1n) is 16.2. The van der Waals surface area contributed by atoms with Crippen molar-refractivity contribution < 1.29 is 68.1 Å². The van der Waals surface area contributed by atoms with Gasteiger partial charge in [0.2, 0.25) is 11.6 Å². The first kappa shape index (κ1) is 35.8. The third-order valence-corrected chi connectivity index (χ3v) is 9.69. The Kier molecular flexibility index (Phi) is 9.56. The van der Waals surface area contributed by atoms with Crippen molar-refractivity contribution in [2.24, 2.45) is 5.73 Å². The molecule has 6 atom stereocenters. The van der Waals surface area contributed by atoms with Gasteiger partial charge in [-0.1, -0.05) is 12.1 Å². The number of hydrogen-bond acceptors (Lipinski definition) is 15. The normalized spacial score (nSPS) is 26.8. The summed E-state index contributed by atoms with van der Waals surface area (Å²) in [5.74, 6) is -5.98. The van der Waals surface area contributed by atoms with Crippen LogP contribution in [0.1, 0.15) is 81.7 Å². The van der Waals surface area contributed by atoms with Crippen molar-refractivity contribution in [1.82, 2.24) is 4.90 Å². The lowest BCUT2D eigenvalue weighted by Crippen LogP contribution is -2.53. The standard InChI is InChI=1S/C35H36N2O14/c1-15-30(42)18(36)11-25(50-15)51-20-13-35(47,21(38)14-49-24(41)7-4-10-37-22(39)8-9-23(37)40)12-17-27(20)34(46)29-28(32(17)44)31(43)16-5-3-6-19(48-2)26(16)33(29)45/h3,5-6,8-9,15,18,20,25,30,42,44,46-47H,4,7,10-14,36H2,1-2H3. The van der Waals surface area contributed by atoms with E-state index in [0.717, 1.165) is 17.1 Å². The molecule has 6 unspecified atom stereocenters. The average Bonchev–Trinajstić information content (AvgIpc) is 3.41. The van der Waals surface area contributed by atoms with Crippen molar-refractivity contribution in [3.8, 4) is 17.2 Å². The van der Waals surface area contributed by atoms with E-state index in [0.29, 0.717) is 0 Å². The number of methoxy groups -OCH3 is 1. The fourth-order valence-corrected chi connectivity index (χ4v) is 6.99. The number of esters is 1. The van der Waals surface area contributed by atoms with Gasteiger partial charge in [0.05, 0.1) is 42.1 Å². The van der Waals surface area contributed by atoms with E-state index in [2.05, 4.69) is 0 Å². The van der Waals surface area contributed by atoms with E-state index in [4.69, 9.17) is 24.7 Å². The molecule has 0 saturated carbocycles. The number of imide groups is 1. The van der Waals surface area contributed by atoms with Crippen LogP contribution in [0.3, 0.4) is 0 Å². The number of benzene rings is 2. The van der Waals surface area contributed by atoms with Gasteiger partial charge in [-0.2, -0.15) is 0 Å². The molecule has 4 aliphatic rings. The lowest BCUT2D eigenvalue weighted by Gasteiger charge is -2.42. The molecule has 0 radical (unpaired) electrons. The molecule has 1 saturated heterocycles. The molecule has 1 fully saturated rings. The number of Topliss-reactive ketones (excluding diaryl/α,β-unsaturated/α-hetero) is 1. The van der Waals surface area contributed by atoms with Gasteiger partial charge in [0, 0.05) is 67.1 Å². The Morgan fingerprint density at radius 1 is 1.04 bits per heavy atom. The molecule has 0 aromatic heterocycles. The molecule has 270 valence electrons. The Labute approximate surface area is 290 Å². The van der Waals surface area contributed by atoms with Gasteiger partial charge in [0.1, 0.15) is 22.8 Å². The number of nitrogens with two attached hydrogens (primary N) is 1. The summed E-state index contributed by atoms with van der Waals surface area (Å²) in [6, 6.07) is 3.49. The number of aliphatic hydroxyl groups excluding tert-OH is 1. The second-order valence-electron chi connectivity index (χ2n) is 12.9. The van der Waals surface area contributed by atoms with Crippen LogP contribution in [0.5, 0.6) is 17.2 Å². The number of rotatable bonds is 10. The molecule has 2 aromatic carbocycles. The molecule has 2 aromatic rings. The van der Waals surface area contributed by atoms with Crippen molar-refractivity contribution >= 4 is 35.1 Å². The van der Waals surface area contributed by atoms with Gasteiger partial charge >= 0.3 is 5.97 Å². The number of aromatic hydroxyl groups is 2. The zero-order chi connectivity index (χ0) is 36.9. The van der Waals surface area contributed by atoms with Gasteiger partial charge in [0.25, 0.3) is 11.8 Å². The summed E-state index contributed by atoms with van der Waals surface area (Å²) in [5.41, 5.74) is 1.93. The Bertz CT molecular complexity index is 1860. The number of ether oxygens (including phenoxy) is 4. The van der Waals surface area contributed by atoms with E-state index < -0.39 is 113 Å². The molecule has 2 aliphatic carbocycles. The second kappa shape index (κ2) is 13.6. The summed E-state index contributed by atoms with van der Waals surface area (Å²) in [6.45, 7) is 0.577. The molecule has 2 heterocycles. The molecule has 0 bridgehead atoms. The number of fused-ring (bicyclic) bond motifs is 3. The maximum atomic E-state index is 13.9. The Hall–Kier alpha value is -5.00. The highest BCUT2D eigenvalue weighted by Gasteiger charge is 2.50. The maximum Gasteiger partial charge on any atom is 0.306 e. The van der Waals surface area contributed by atoms with Gasteiger partial charge in [-0.15, -0.1) is 0 Å². The molecule has 2 aliphatic heterocycles. The highest BCUT2D eigenvalue weighted by Crippen LogP contribution is 2.52. The van der Waals surface area contributed by atoms with Crippen LogP contribution < -0.4 is 10.5 Å². The van der Waals surface area contributed by atoms with Crippen LogP contribution in [0.4, 0.5) is 0 Å². The lowest BCUT2D eigenvalue weighted by atomic mass is 9.72.